The molecule has 0 spiro atoms. The molecule has 0 atom stereocenters. The Hall–Kier alpha value is -1.56. The quantitative estimate of drug-likeness (QED) is 0.849. The number of nitrogens with two attached hydrogens (primary N) is 1. The van der Waals surface area contributed by atoms with Gasteiger partial charge in [-0.3, -0.25) is 4.79 Å². The molecule has 0 saturated heterocycles. The molecule has 0 unspecified atom stereocenters. The molecular weight excluding hydrogens is 262 g/mol. The zero-order valence-electron chi connectivity index (χ0n) is 7.90. The van der Waals surface area contributed by atoms with Gasteiger partial charge in [0.05, 0.1) is 0 Å². The Balaban J connectivity index is 2.60. The second-order valence-corrected chi connectivity index (χ2v) is 3.80. The Morgan fingerprint density at radius 1 is 1.53 bits per heavy atom. The summed E-state index contributed by atoms with van der Waals surface area (Å²) < 4.78 is 7.09. The molecule has 2 rings (SSSR count). The Kier molecular flexibility index (Phi) is 2.36. The van der Waals surface area contributed by atoms with Gasteiger partial charge in [-0.25, -0.2) is 4.68 Å². The summed E-state index contributed by atoms with van der Waals surface area (Å²) in [5.74, 6) is 0.559. The lowest BCUT2D eigenvalue weighted by Gasteiger charge is -2.01. The van der Waals surface area contributed by atoms with Gasteiger partial charge >= 0.3 is 0 Å². The highest BCUT2D eigenvalue weighted by atomic mass is 79.9. The standard InChI is InChI=1S/C9H8BrN3O2/c1-13-9(14)5(11)4-6(12-13)7-2-3-8(10)15-7/h2-4H,11H2,1H3. The van der Waals surface area contributed by atoms with Crippen LogP contribution in [-0.2, 0) is 7.05 Å². The molecule has 0 amide bonds. The van der Waals surface area contributed by atoms with Crippen molar-refractivity contribution < 1.29 is 4.42 Å². The van der Waals surface area contributed by atoms with E-state index in [1.807, 2.05) is 0 Å². The third-order valence-corrected chi connectivity index (χ3v) is 2.34. The minimum atomic E-state index is -0.315. The molecule has 0 bridgehead atoms. The summed E-state index contributed by atoms with van der Waals surface area (Å²) >= 11 is 3.19. The number of nitrogens with zero attached hydrogens (tertiary/aromatic N) is 2. The molecule has 2 N–H and O–H groups in total. The summed E-state index contributed by atoms with van der Waals surface area (Å²) in [5, 5.41) is 4.03. The number of halogens is 1. The molecule has 0 saturated carbocycles. The first-order valence-corrected chi connectivity index (χ1v) is 4.97. The number of rotatable bonds is 1. The van der Waals surface area contributed by atoms with Crippen molar-refractivity contribution in [2.75, 3.05) is 5.73 Å². The molecule has 15 heavy (non-hydrogen) atoms. The van der Waals surface area contributed by atoms with Gasteiger partial charge in [-0.1, -0.05) is 0 Å². The normalized spacial score (nSPS) is 10.5. The zero-order chi connectivity index (χ0) is 11.0. The molecule has 0 fully saturated rings. The summed E-state index contributed by atoms with van der Waals surface area (Å²) in [4.78, 5) is 11.3. The van der Waals surface area contributed by atoms with Crippen molar-refractivity contribution in [2.24, 2.45) is 7.05 Å². The van der Waals surface area contributed by atoms with Gasteiger partial charge in [0, 0.05) is 7.05 Å². The summed E-state index contributed by atoms with van der Waals surface area (Å²) in [7, 11) is 1.54. The van der Waals surface area contributed by atoms with Crippen LogP contribution in [0.25, 0.3) is 11.5 Å². The lowest BCUT2D eigenvalue weighted by atomic mass is 10.3. The third-order valence-electron chi connectivity index (χ3n) is 1.92. The van der Waals surface area contributed by atoms with E-state index in [4.69, 9.17) is 10.2 Å². The smallest absolute Gasteiger partial charge is 0.289 e. The number of nitrogen functional groups attached to an aromatic ring is 1. The number of anilines is 1. The minimum Gasteiger partial charge on any atom is -0.448 e. The summed E-state index contributed by atoms with van der Waals surface area (Å²) in [6, 6.07) is 4.99. The lowest BCUT2D eigenvalue weighted by Crippen LogP contribution is -2.22. The zero-order valence-corrected chi connectivity index (χ0v) is 9.48. The lowest BCUT2D eigenvalue weighted by molar-refractivity contribution is 0.549. The molecule has 2 heterocycles. The minimum absolute atomic E-state index is 0.148. The van der Waals surface area contributed by atoms with Gasteiger partial charge < -0.3 is 10.2 Å². The Bertz CT molecular complexity index is 532. The molecule has 0 aliphatic heterocycles. The SMILES string of the molecule is Cn1nc(-c2ccc(Br)o2)cc(N)c1=O. The first-order valence-electron chi connectivity index (χ1n) is 4.17. The molecule has 0 aromatic carbocycles. The maximum atomic E-state index is 11.3. The van der Waals surface area contributed by atoms with Crippen LogP contribution < -0.4 is 11.3 Å². The molecular formula is C9H8BrN3O2. The summed E-state index contributed by atoms with van der Waals surface area (Å²) in [6.07, 6.45) is 0. The van der Waals surface area contributed by atoms with Crippen LogP contribution in [0.3, 0.4) is 0 Å². The predicted molar refractivity (Wildman–Crippen MR) is 59.3 cm³/mol. The highest BCUT2D eigenvalue weighted by Gasteiger charge is 2.08. The van der Waals surface area contributed by atoms with Crippen molar-refractivity contribution in [2.45, 2.75) is 0 Å². The Morgan fingerprint density at radius 2 is 2.27 bits per heavy atom. The van der Waals surface area contributed by atoms with Gasteiger partial charge in [0.2, 0.25) is 0 Å². The fourth-order valence-corrected chi connectivity index (χ4v) is 1.51. The fourth-order valence-electron chi connectivity index (χ4n) is 1.20. The Labute approximate surface area is 93.6 Å². The van der Waals surface area contributed by atoms with Gasteiger partial charge in [-0.15, -0.1) is 0 Å². The number of hydrogen-bond acceptors (Lipinski definition) is 4. The number of furan rings is 1. The van der Waals surface area contributed by atoms with Crippen molar-refractivity contribution in [3.05, 3.63) is 33.2 Å². The van der Waals surface area contributed by atoms with E-state index in [1.165, 1.54) is 10.7 Å². The predicted octanol–water partition coefficient (Wildman–Crippen LogP) is 1.38. The molecule has 0 aliphatic carbocycles. The molecule has 0 aliphatic rings. The maximum Gasteiger partial charge on any atom is 0.289 e. The van der Waals surface area contributed by atoms with E-state index < -0.39 is 0 Å². The van der Waals surface area contributed by atoms with Crippen LogP contribution in [0, 0.1) is 0 Å². The van der Waals surface area contributed by atoms with Gasteiger partial charge in [0.25, 0.3) is 5.56 Å². The number of hydrogen-bond donors (Lipinski definition) is 1. The second kappa shape index (κ2) is 3.54. The van der Waals surface area contributed by atoms with Crippen LogP contribution in [0.2, 0.25) is 0 Å². The van der Waals surface area contributed by atoms with Crippen molar-refractivity contribution >= 4 is 21.6 Å². The second-order valence-electron chi connectivity index (χ2n) is 3.02. The van der Waals surface area contributed by atoms with Gasteiger partial charge in [0.1, 0.15) is 11.4 Å². The van der Waals surface area contributed by atoms with Gasteiger partial charge in [0.15, 0.2) is 10.4 Å². The highest BCUT2D eigenvalue weighted by Crippen LogP contribution is 2.23. The first kappa shape index (κ1) is 9.97. The molecule has 0 radical (unpaired) electrons. The van der Waals surface area contributed by atoms with Crippen LogP contribution in [0.1, 0.15) is 0 Å². The van der Waals surface area contributed by atoms with E-state index in [9.17, 15) is 4.79 Å². The van der Waals surface area contributed by atoms with Crippen LogP contribution in [0.5, 0.6) is 0 Å². The summed E-state index contributed by atoms with van der Waals surface area (Å²) in [5.41, 5.74) is 5.90. The topological polar surface area (TPSA) is 74.1 Å². The van der Waals surface area contributed by atoms with E-state index in [0.717, 1.165) is 0 Å². The fraction of sp³-hybridized carbons (Fsp3) is 0.111. The van der Waals surface area contributed by atoms with Gasteiger partial charge in [-0.2, -0.15) is 5.10 Å². The van der Waals surface area contributed by atoms with E-state index in [-0.39, 0.29) is 11.2 Å². The van der Waals surface area contributed by atoms with Crippen LogP contribution >= 0.6 is 15.9 Å². The maximum absolute atomic E-state index is 11.3. The van der Waals surface area contributed by atoms with Crippen LogP contribution in [0.4, 0.5) is 5.69 Å². The van der Waals surface area contributed by atoms with Crippen molar-refractivity contribution in [3.63, 3.8) is 0 Å². The molecule has 78 valence electrons. The van der Waals surface area contributed by atoms with Crippen molar-refractivity contribution in [3.8, 4) is 11.5 Å². The molecule has 6 heteroatoms. The molecule has 2 aromatic rings. The van der Waals surface area contributed by atoms with Crippen LogP contribution in [0.15, 0.2) is 32.1 Å². The molecule has 2 aromatic heterocycles. The van der Waals surface area contributed by atoms with Gasteiger partial charge in [-0.05, 0) is 34.1 Å². The number of aryl methyl sites for hydroxylation is 1. The highest BCUT2D eigenvalue weighted by molar-refractivity contribution is 9.10. The third kappa shape index (κ3) is 1.80. The largest absolute Gasteiger partial charge is 0.448 e. The van der Waals surface area contributed by atoms with E-state index >= 15 is 0 Å². The molecule has 5 nitrogen and oxygen atoms in total. The monoisotopic (exact) mass is 269 g/mol. The first-order chi connectivity index (χ1) is 7.08. The summed E-state index contributed by atoms with van der Waals surface area (Å²) in [6.45, 7) is 0. The van der Waals surface area contributed by atoms with Crippen LogP contribution in [-0.4, -0.2) is 9.78 Å². The average Bonchev–Trinajstić information content (AvgIpc) is 2.60. The van der Waals surface area contributed by atoms with E-state index in [0.29, 0.717) is 16.1 Å². The van der Waals surface area contributed by atoms with Crippen molar-refractivity contribution in [1.82, 2.24) is 9.78 Å². The van der Waals surface area contributed by atoms with Crippen molar-refractivity contribution in [1.29, 1.82) is 0 Å². The van der Waals surface area contributed by atoms with E-state index in [2.05, 4.69) is 21.0 Å². The Morgan fingerprint density at radius 3 is 2.80 bits per heavy atom. The average molecular weight is 270 g/mol. The number of aromatic nitrogens is 2. The van der Waals surface area contributed by atoms with E-state index in [1.54, 1.807) is 19.2 Å².